The van der Waals surface area contributed by atoms with E-state index in [1.54, 1.807) is 19.1 Å². The first kappa shape index (κ1) is 27.2. The highest BCUT2D eigenvalue weighted by Crippen LogP contribution is 2.51. The van der Waals surface area contributed by atoms with Crippen molar-refractivity contribution in [2.24, 2.45) is 5.73 Å². The van der Waals surface area contributed by atoms with Crippen molar-refractivity contribution in [2.45, 2.75) is 75.8 Å². The number of hydrogen-bond acceptors (Lipinski definition) is 10. The highest BCUT2D eigenvalue weighted by molar-refractivity contribution is 6.30. The SMILES string of the molecule is CCCNC(=O)[C@]1(O)Cc2c(O)c3c(c(O)c2[C@@H](OC2CC(N)C(O)C(C)O2)C1)C(=O)c1ccccc1C3=O. The standard InChI is InChI=1S/C28H32N2O9/c1-3-8-30-27(36)28(37)10-15-19(17(11-28)39-18-9-16(29)22(31)12(2)38-18)26(35)21-20(25(15)34)23(32)13-6-4-5-7-14(13)24(21)33/h4-7,12,16-18,22,31,34-35,37H,3,8-11,29H2,1-2H3,(H,30,36)/t12?,16?,17-,18?,22?,28-/m0/s1. The Morgan fingerprint density at radius 1 is 1.15 bits per heavy atom. The van der Waals surface area contributed by atoms with E-state index in [0.29, 0.717) is 13.0 Å². The summed E-state index contributed by atoms with van der Waals surface area (Å²) in [6.07, 6.45) is -3.94. The summed E-state index contributed by atoms with van der Waals surface area (Å²) in [5.41, 5.74) is 3.27. The van der Waals surface area contributed by atoms with Crippen molar-refractivity contribution in [3.63, 3.8) is 0 Å². The number of phenols is 2. The zero-order valence-corrected chi connectivity index (χ0v) is 21.6. The number of aliphatic hydroxyl groups is 2. The molecule has 0 saturated carbocycles. The summed E-state index contributed by atoms with van der Waals surface area (Å²) in [6, 6.07) is 5.40. The van der Waals surface area contributed by atoms with E-state index in [-0.39, 0.29) is 46.2 Å². The third-order valence-corrected chi connectivity index (χ3v) is 7.80. The lowest BCUT2D eigenvalue weighted by molar-refractivity contribution is -0.247. The van der Waals surface area contributed by atoms with Gasteiger partial charge in [-0.05, 0) is 13.3 Å². The number of benzene rings is 2. The Morgan fingerprint density at radius 3 is 2.36 bits per heavy atom. The number of carbonyl (C=O) groups excluding carboxylic acids is 3. The number of aliphatic hydroxyl groups excluding tert-OH is 1. The summed E-state index contributed by atoms with van der Waals surface area (Å²) in [7, 11) is 0. The van der Waals surface area contributed by atoms with E-state index in [0.717, 1.165) is 0 Å². The number of nitrogens with two attached hydrogens (primary N) is 1. The fraction of sp³-hybridized carbons (Fsp3) is 0.464. The minimum absolute atomic E-state index is 0.0179. The number of hydrogen-bond donors (Lipinski definition) is 6. The first-order chi connectivity index (χ1) is 18.5. The Kier molecular flexibility index (Phi) is 6.98. The Labute approximate surface area is 224 Å². The molecule has 3 aliphatic rings. The Morgan fingerprint density at radius 2 is 1.77 bits per heavy atom. The van der Waals surface area contributed by atoms with Gasteiger partial charge in [0.25, 0.3) is 5.91 Å². The number of phenolic OH excluding ortho intramolecular Hbond substituents is 2. The summed E-state index contributed by atoms with van der Waals surface area (Å²) in [5, 5.41) is 47.2. The summed E-state index contributed by atoms with van der Waals surface area (Å²) >= 11 is 0. The van der Waals surface area contributed by atoms with Gasteiger partial charge in [-0.2, -0.15) is 0 Å². The molecule has 208 valence electrons. The van der Waals surface area contributed by atoms with Crippen LogP contribution < -0.4 is 11.1 Å². The maximum Gasteiger partial charge on any atom is 0.252 e. The summed E-state index contributed by atoms with van der Waals surface area (Å²) < 4.78 is 11.9. The Balaban J connectivity index is 1.64. The minimum atomic E-state index is -2.08. The van der Waals surface area contributed by atoms with Crippen LogP contribution in [0.4, 0.5) is 0 Å². The maximum absolute atomic E-state index is 13.4. The molecule has 1 aliphatic heterocycles. The van der Waals surface area contributed by atoms with Crippen LogP contribution in [0, 0.1) is 0 Å². The molecule has 1 heterocycles. The molecular formula is C28H32N2O9. The van der Waals surface area contributed by atoms with Crippen molar-refractivity contribution in [3.05, 3.63) is 57.6 Å². The Hall–Kier alpha value is -3.35. The molecule has 4 unspecified atom stereocenters. The number of ether oxygens (including phenoxy) is 2. The topological polar surface area (TPSA) is 189 Å². The van der Waals surface area contributed by atoms with Crippen molar-refractivity contribution < 1.29 is 44.3 Å². The molecule has 0 bridgehead atoms. The molecule has 0 aromatic heterocycles. The molecule has 2 aromatic rings. The van der Waals surface area contributed by atoms with E-state index in [1.165, 1.54) is 12.1 Å². The van der Waals surface area contributed by atoms with Crippen LogP contribution >= 0.6 is 0 Å². The van der Waals surface area contributed by atoms with Crippen LogP contribution in [-0.4, -0.2) is 74.6 Å². The van der Waals surface area contributed by atoms with Crippen LogP contribution in [0.2, 0.25) is 0 Å². The highest BCUT2D eigenvalue weighted by Gasteiger charge is 2.50. The van der Waals surface area contributed by atoms with Crippen molar-refractivity contribution in [1.29, 1.82) is 0 Å². The lowest BCUT2D eigenvalue weighted by atomic mass is 9.72. The molecule has 1 saturated heterocycles. The van der Waals surface area contributed by atoms with Gasteiger partial charge in [0.05, 0.1) is 29.4 Å². The third-order valence-electron chi connectivity index (χ3n) is 7.80. The molecule has 1 fully saturated rings. The summed E-state index contributed by atoms with van der Waals surface area (Å²) in [5.74, 6) is -3.20. The van der Waals surface area contributed by atoms with Crippen molar-refractivity contribution >= 4 is 17.5 Å². The molecule has 7 N–H and O–H groups in total. The van der Waals surface area contributed by atoms with Gasteiger partial charge in [0, 0.05) is 54.1 Å². The smallest absolute Gasteiger partial charge is 0.252 e. The van der Waals surface area contributed by atoms with Gasteiger partial charge in [0.15, 0.2) is 17.9 Å². The fourth-order valence-electron chi connectivity index (χ4n) is 5.73. The van der Waals surface area contributed by atoms with E-state index >= 15 is 0 Å². The van der Waals surface area contributed by atoms with Crippen LogP contribution in [0.3, 0.4) is 0 Å². The molecule has 2 aromatic carbocycles. The first-order valence-corrected chi connectivity index (χ1v) is 13.0. The second kappa shape index (κ2) is 10.00. The number of aromatic hydroxyl groups is 2. The lowest BCUT2D eigenvalue weighted by Gasteiger charge is -2.42. The lowest BCUT2D eigenvalue weighted by Crippen LogP contribution is -2.54. The predicted octanol–water partition coefficient (Wildman–Crippen LogP) is 0.957. The van der Waals surface area contributed by atoms with Crippen molar-refractivity contribution in [1.82, 2.24) is 5.32 Å². The number of ketones is 2. The number of nitrogens with one attached hydrogen (secondary N) is 1. The van der Waals surface area contributed by atoms with E-state index in [9.17, 15) is 34.8 Å². The second-order valence-corrected chi connectivity index (χ2v) is 10.5. The second-order valence-electron chi connectivity index (χ2n) is 10.5. The average Bonchev–Trinajstić information content (AvgIpc) is 2.90. The van der Waals surface area contributed by atoms with Crippen LogP contribution in [0.1, 0.15) is 82.2 Å². The van der Waals surface area contributed by atoms with Crippen LogP contribution in [-0.2, 0) is 20.7 Å². The number of carbonyl (C=O) groups is 3. The molecule has 0 spiro atoms. The zero-order valence-electron chi connectivity index (χ0n) is 21.6. The normalized spacial score (nSPS) is 29.8. The van der Waals surface area contributed by atoms with E-state index < -0.39 is 71.6 Å². The van der Waals surface area contributed by atoms with Crippen molar-refractivity contribution in [2.75, 3.05) is 6.54 Å². The van der Waals surface area contributed by atoms with E-state index in [1.807, 2.05) is 6.92 Å². The van der Waals surface area contributed by atoms with Gasteiger partial charge in [0.2, 0.25) is 0 Å². The molecule has 11 nitrogen and oxygen atoms in total. The third kappa shape index (κ3) is 4.40. The van der Waals surface area contributed by atoms with Gasteiger partial charge in [-0.25, -0.2) is 0 Å². The molecular weight excluding hydrogens is 508 g/mol. The van der Waals surface area contributed by atoms with Crippen LogP contribution in [0.15, 0.2) is 24.3 Å². The quantitative estimate of drug-likeness (QED) is 0.254. The van der Waals surface area contributed by atoms with Crippen LogP contribution in [0.25, 0.3) is 0 Å². The van der Waals surface area contributed by atoms with E-state index in [4.69, 9.17) is 15.2 Å². The minimum Gasteiger partial charge on any atom is -0.507 e. The molecule has 2 aliphatic carbocycles. The van der Waals surface area contributed by atoms with Gasteiger partial charge in [-0.3, -0.25) is 14.4 Å². The fourth-order valence-corrected chi connectivity index (χ4v) is 5.73. The molecule has 11 heteroatoms. The number of rotatable bonds is 5. The monoisotopic (exact) mass is 540 g/mol. The summed E-state index contributed by atoms with van der Waals surface area (Å²) in [6.45, 7) is 3.76. The first-order valence-electron chi connectivity index (χ1n) is 13.0. The molecule has 6 atom stereocenters. The highest BCUT2D eigenvalue weighted by atomic mass is 16.7. The molecule has 5 rings (SSSR count). The van der Waals surface area contributed by atoms with E-state index in [2.05, 4.69) is 5.32 Å². The van der Waals surface area contributed by atoms with Gasteiger partial charge >= 0.3 is 0 Å². The average molecular weight is 541 g/mol. The van der Waals surface area contributed by atoms with Gasteiger partial charge in [-0.1, -0.05) is 31.2 Å². The van der Waals surface area contributed by atoms with Crippen molar-refractivity contribution in [3.8, 4) is 11.5 Å². The number of fused-ring (bicyclic) bond motifs is 3. The predicted molar refractivity (Wildman–Crippen MR) is 136 cm³/mol. The van der Waals surface area contributed by atoms with Gasteiger partial charge < -0.3 is 41.0 Å². The molecule has 1 amide bonds. The zero-order chi connectivity index (χ0) is 28.2. The largest absolute Gasteiger partial charge is 0.507 e. The molecule has 0 radical (unpaired) electrons. The summed E-state index contributed by atoms with van der Waals surface area (Å²) in [4.78, 5) is 39.9. The van der Waals surface area contributed by atoms with Gasteiger partial charge in [-0.15, -0.1) is 0 Å². The van der Waals surface area contributed by atoms with Gasteiger partial charge in [0.1, 0.15) is 17.1 Å². The Bertz CT molecular complexity index is 1350. The number of amides is 1. The van der Waals surface area contributed by atoms with Crippen LogP contribution in [0.5, 0.6) is 11.5 Å². The molecule has 39 heavy (non-hydrogen) atoms. The maximum atomic E-state index is 13.4.